The van der Waals surface area contributed by atoms with Crippen LogP contribution in [0, 0.1) is 0 Å². The van der Waals surface area contributed by atoms with Crippen LogP contribution in [0.4, 0.5) is 18.9 Å². The molecule has 3 nitrogen and oxygen atoms in total. The van der Waals surface area contributed by atoms with Gasteiger partial charge in [-0.1, -0.05) is 42.5 Å². The third-order valence-electron chi connectivity index (χ3n) is 5.79. The van der Waals surface area contributed by atoms with Gasteiger partial charge in [0, 0.05) is 37.3 Å². The second kappa shape index (κ2) is 9.60. The number of benzene rings is 3. The van der Waals surface area contributed by atoms with Crippen LogP contribution in [0.15, 0.2) is 66.7 Å². The van der Waals surface area contributed by atoms with Crippen molar-refractivity contribution in [2.75, 3.05) is 44.2 Å². The van der Waals surface area contributed by atoms with Crippen molar-refractivity contribution in [3.63, 3.8) is 0 Å². The van der Waals surface area contributed by atoms with Gasteiger partial charge >= 0.3 is 6.18 Å². The zero-order valence-electron chi connectivity index (χ0n) is 17.4. The van der Waals surface area contributed by atoms with Gasteiger partial charge in [-0.05, 0) is 49.0 Å². The maximum absolute atomic E-state index is 12.9. The molecule has 0 spiro atoms. The first-order valence-corrected chi connectivity index (χ1v) is 10.8. The van der Waals surface area contributed by atoms with E-state index in [0.717, 1.165) is 62.8 Å². The molecule has 0 amide bonds. The smallest absolute Gasteiger partial charge is 0.416 e. The highest BCUT2D eigenvalue weighted by atomic mass is 19.4. The van der Waals surface area contributed by atoms with Crippen LogP contribution >= 0.6 is 0 Å². The summed E-state index contributed by atoms with van der Waals surface area (Å²) in [5.74, 6) is 0.924. The summed E-state index contributed by atoms with van der Waals surface area (Å²) < 4.78 is 44.8. The minimum absolute atomic E-state index is 0.585. The largest absolute Gasteiger partial charge is 0.493 e. The van der Waals surface area contributed by atoms with Gasteiger partial charge in [-0.25, -0.2) is 0 Å². The third-order valence-corrected chi connectivity index (χ3v) is 5.79. The second-order valence-corrected chi connectivity index (χ2v) is 7.91. The molecule has 4 rings (SSSR count). The minimum atomic E-state index is -4.30. The van der Waals surface area contributed by atoms with Crippen molar-refractivity contribution >= 4 is 16.5 Å². The van der Waals surface area contributed by atoms with E-state index in [4.69, 9.17) is 4.74 Å². The summed E-state index contributed by atoms with van der Waals surface area (Å²) in [6.07, 6.45) is -2.29. The van der Waals surface area contributed by atoms with Crippen LogP contribution in [-0.4, -0.2) is 44.2 Å². The first-order chi connectivity index (χ1) is 15.0. The normalized spacial score (nSPS) is 15.4. The molecule has 3 aromatic carbocycles. The number of nitrogens with zero attached hydrogens (tertiary/aromatic N) is 2. The zero-order valence-corrected chi connectivity index (χ0v) is 17.4. The van der Waals surface area contributed by atoms with E-state index in [0.29, 0.717) is 12.3 Å². The second-order valence-electron chi connectivity index (χ2n) is 7.91. The van der Waals surface area contributed by atoms with Crippen molar-refractivity contribution in [1.29, 1.82) is 0 Å². The molecule has 0 atom stereocenters. The maximum Gasteiger partial charge on any atom is 0.416 e. The molecule has 6 heteroatoms. The summed E-state index contributed by atoms with van der Waals surface area (Å²) in [5.41, 5.74) is 0.0663. The lowest BCUT2D eigenvalue weighted by atomic mass is 10.1. The molecule has 31 heavy (non-hydrogen) atoms. The Morgan fingerprint density at radius 1 is 0.806 bits per heavy atom. The predicted molar refractivity (Wildman–Crippen MR) is 119 cm³/mol. The lowest BCUT2D eigenvalue weighted by Crippen LogP contribution is -2.46. The predicted octanol–water partition coefficient (Wildman–Crippen LogP) is 5.84. The Labute approximate surface area is 181 Å². The van der Waals surface area contributed by atoms with E-state index in [9.17, 15) is 13.2 Å². The Balaban J connectivity index is 1.19. The standard InChI is InChI=1S/C25H27F3N2O/c26-25(27,28)21-9-6-10-22(19-21)30-16-14-29(15-17-30)13-3-4-18-31-24-12-5-8-20-7-1-2-11-23(20)24/h1-2,5-12,19H,3-4,13-18H2. The van der Waals surface area contributed by atoms with Crippen molar-refractivity contribution in [2.45, 2.75) is 19.0 Å². The summed E-state index contributed by atoms with van der Waals surface area (Å²) in [4.78, 5) is 4.41. The van der Waals surface area contributed by atoms with Crippen LogP contribution in [0.2, 0.25) is 0 Å². The molecule has 164 valence electrons. The van der Waals surface area contributed by atoms with E-state index in [1.165, 1.54) is 17.5 Å². The van der Waals surface area contributed by atoms with Crippen LogP contribution in [0.3, 0.4) is 0 Å². The van der Waals surface area contributed by atoms with Crippen molar-refractivity contribution in [3.8, 4) is 5.75 Å². The number of rotatable bonds is 7. The molecule has 1 fully saturated rings. The molecule has 1 saturated heterocycles. The van der Waals surface area contributed by atoms with Gasteiger partial charge in [0.15, 0.2) is 0 Å². The van der Waals surface area contributed by atoms with E-state index in [2.05, 4.69) is 23.1 Å². The summed E-state index contributed by atoms with van der Waals surface area (Å²) in [6.45, 7) is 4.87. The number of unbranched alkanes of at least 4 members (excludes halogenated alkanes) is 1. The number of halogens is 3. The summed E-state index contributed by atoms with van der Waals surface area (Å²) >= 11 is 0. The Kier molecular flexibility index (Phi) is 6.66. The highest BCUT2D eigenvalue weighted by Crippen LogP contribution is 2.32. The fourth-order valence-corrected chi connectivity index (χ4v) is 4.05. The number of ether oxygens (including phenoxy) is 1. The van der Waals surface area contributed by atoms with Crippen LogP contribution in [0.1, 0.15) is 18.4 Å². The highest BCUT2D eigenvalue weighted by molar-refractivity contribution is 5.88. The van der Waals surface area contributed by atoms with Crippen molar-refractivity contribution < 1.29 is 17.9 Å². The zero-order chi connectivity index (χ0) is 21.7. The Bertz CT molecular complexity index is 992. The van der Waals surface area contributed by atoms with Gasteiger partial charge in [-0.3, -0.25) is 4.90 Å². The number of hydrogen-bond acceptors (Lipinski definition) is 3. The van der Waals surface area contributed by atoms with Crippen LogP contribution < -0.4 is 9.64 Å². The van der Waals surface area contributed by atoms with Gasteiger partial charge in [-0.15, -0.1) is 0 Å². The van der Waals surface area contributed by atoms with E-state index in [-0.39, 0.29) is 0 Å². The first-order valence-electron chi connectivity index (χ1n) is 10.8. The Morgan fingerprint density at radius 3 is 2.35 bits per heavy atom. The van der Waals surface area contributed by atoms with E-state index >= 15 is 0 Å². The van der Waals surface area contributed by atoms with Crippen molar-refractivity contribution in [3.05, 3.63) is 72.3 Å². The van der Waals surface area contributed by atoms with Crippen molar-refractivity contribution in [1.82, 2.24) is 4.90 Å². The lowest BCUT2D eigenvalue weighted by molar-refractivity contribution is -0.137. The quantitative estimate of drug-likeness (QED) is 0.440. The van der Waals surface area contributed by atoms with Crippen LogP contribution in [0.25, 0.3) is 10.8 Å². The molecule has 1 heterocycles. The van der Waals surface area contributed by atoms with E-state index in [1.807, 2.05) is 29.2 Å². The fourth-order valence-electron chi connectivity index (χ4n) is 4.05. The summed E-state index contributed by atoms with van der Waals surface area (Å²) in [7, 11) is 0. The van der Waals surface area contributed by atoms with Crippen LogP contribution in [-0.2, 0) is 6.18 Å². The molecule has 0 bridgehead atoms. The lowest BCUT2D eigenvalue weighted by Gasteiger charge is -2.36. The first kappa shape index (κ1) is 21.5. The SMILES string of the molecule is FC(F)(F)c1cccc(N2CCN(CCCCOc3cccc4ccccc34)CC2)c1. The monoisotopic (exact) mass is 428 g/mol. The molecule has 1 aliphatic rings. The van der Waals surface area contributed by atoms with Gasteiger partial charge in [-0.2, -0.15) is 13.2 Å². The number of hydrogen-bond donors (Lipinski definition) is 0. The highest BCUT2D eigenvalue weighted by Gasteiger charge is 2.31. The van der Waals surface area contributed by atoms with Gasteiger partial charge in [0.2, 0.25) is 0 Å². The fraction of sp³-hybridized carbons (Fsp3) is 0.360. The van der Waals surface area contributed by atoms with Gasteiger partial charge in [0.05, 0.1) is 12.2 Å². The summed E-state index contributed by atoms with van der Waals surface area (Å²) in [5, 5.41) is 2.31. The van der Waals surface area contributed by atoms with E-state index in [1.54, 1.807) is 6.07 Å². The van der Waals surface area contributed by atoms with Gasteiger partial charge < -0.3 is 9.64 Å². The third kappa shape index (κ3) is 5.50. The molecule has 1 aliphatic heterocycles. The van der Waals surface area contributed by atoms with E-state index < -0.39 is 11.7 Å². The molecule has 0 saturated carbocycles. The topological polar surface area (TPSA) is 15.7 Å². The van der Waals surface area contributed by atoms with Crippen LogP contribution in [0.5, 0.6) is 5.75 Å². The number of alkyl halides is 3. The minimum Gasteiger partial charge on any atom is -0.493 e. The molecular formula is C25H27F3N2O. The molecule has 0 radical (unpaired) electrons. The Hall–Kier alpha value is -2.73. The number of fused-ring (bicyclic) bond motifs is 1. The van der Waals surface area contributed by atoms with Crippen molar-refractivity contribution in [2.24, 2.45) is 0 Å². The molecular weight excluding hydrogens is 401 g/mol. The van der Waals surface area contributed by atoms with Gasteiger partial charge in [0.1, 0.15) is 5.75 Å². The summed E-state index contributed by atoms with van der Waals surface area (Å²) in [6, 6.07) is 19.9. The molecule has 3 aromatic rings. The average Bonchev–Trinajstić information content (AvgIpc) is 2.79. The maximum atomic E-state index is 12.9. The van der Waals surface area contributed by atoms with Gasteiger partial charge in [0.25, 0.3) is 0 Å². The average molecular weight is 428 g/mol. The molecule has 0 N–H and O–H groups in total. The number of piperazine rings is 1. The molecule has 0 unspecified atom stereocenters. The molecule has 0 aromatic heterocycles. The number of anilines is 1. The molecule has 0 aliphatic carbocycles. The Morgan fingerprint density at radius 2 is 1.55 bits per heavy atom.